The Morgan fingerprint density at radius 1 is 1.31 bits per heavy atom. The van der Waals surface area contributed by atoms with Gasteiger partial charge >= 0.3 is 0 Å². The van der Waals surface area contributed by atoms with E-state index in [1.54, 1.807) is 6.92 Å². The molecule has 9 nitrogen and oxygen atoms in total. The van der Waals surface area contributed by atoms with Crippen LogP contribution in [0.2, 0.25) is 0 Å². The summed E-state index contributed by atoms with van der Waals surface area (Å²) < 4.78 is 33.4. The number of aromatic hydroxyl groups is 1. The summed E-state index contributed by atoms with van der Waals surface area (Å²) in [5, 5.41) is 12.8. The predicted molar refractivity (Wildman–Crippen MR) is 111 cm³/mol. The number of nitrogens with zero attached hydrogens (tertiary/aromatic N) is 2. The van der Waals surface area contributed by atoms with E-state index in [9.17, 15) is 28.3 Å². The molecule has 11 heteroatoms. The van der Waals surface area contributed by atoms with Gasteiger partial charge in [0, 0.05) is 38.0 Å². The molecule has 3 N–H and O–H groups in total. The van der Waals surface area contributed by atoms with Gasteiger partial charge in [0.15, 0.2) is 11.4 Å². The summed E-state index contributed by atoms with van der Waals surface area (Å²) in [7, 11) is 1.50. The van der Waals surface area contributed by atoms with E-state index in [0.29, 0.717) is 12.5 Å². The Bertz CT molecular complexity index is 1100. The summed E-state index contributed by atoms with van der Waals surface area (Å²) in [6.07, 6.45) is 0.665. The highest BCUT2D eigenvalue weighted by Gasteiger charge is 2.38. The zero-order chi connectivity index (χ0) is 23.6. The number of rotatable bonds is 7. The third-order valence-electron chi connectivity index (χ3n) is 5.35. The predicted octanol–water partition coefficient (Wildman–Crippen LogP) is 1.53. The van der Waals surface area contributed by atoms with Crippen molar-refractivity contribution in [2.24, 2.45) is 0 Å². The van der Waals surface area contributed by atoms with Crippen LogP contribution in [0.25, 0.3) is 0 Å². The number of aromatic nitrogens is 1. The van der Waals surface area contributed by atoms with Crippen LogP contribution in [-0.2, 0) is 11.3 Å². The number of halogens is 2. The van der Waals surface area contributed by atoms with Gasteiger partial charge in [-0.3, -0.25) is 19.1 Å². The van der Waals surface area contributed by atoms with Gasteiger partial charge in [-0.05, 0) is 19.4 Å². The van der Waals surface area contributed by atoms with E-state index in [2.05, 4.69) is 10.7 Å². The minimum absolute atomic E-state index is 0.0138. The van der Waals surface area contributed by atoms with E-state index in [1.807, 2.05) is 6.92 Å². The van der Waals surface area contributed by atoms with Gasteiger partial charge in [-0.25, -0.2) is 8.78 Å². The van der Waals surface area contributed by atoms with E-state index in [4.69, 9.17) is 4.74 Å². The first kappa shape index (κ1) is 23.2. The lowest BCUT2D eigenvalue weighted by Crippen LogP contribution is -2.59. The van der Waals surface area contributed by atoms with Crippen LogP contribution < -0.4 is 16.2 Å². The smallest absolute Gasteiger partial charge is 0.278 e. The van der Waals surface area contributed by atoms with E-state index in [-0.39, 0.29) is 24.3 Å². The van der Waals surface area contributed by atoms with Crippen LogP contribution in [0.5, 0.6) is 5.75 Å². The summed E-state index contributed by atoms with van der Waals surface area (Å²) in [6.45, 7) is 3.60. The van der Waals surface area contributed by atoms with Gasteiger partial charge in [0.25, 0.3) is 11.8 Å². The molecule has 2 amide bonds. The van der Waals surface area contributed by atoms with Crippen molar-refractivity contribution in [2.75, 3.05) is 19.1 Å². The molecule has 0 spiro atoms. The van der Waals surface area contributed by atoms with Crippen molar-refractivity contribution in [3.63, 3.8) is 0 Å². The van der Waals surface area contributed by atoms with Crippen LogP contribution in [0, 0.1) is 11.6 Å². The lowest BCUT2D eigenvalue weighted by Gasteiger charge is -2.41. The Hall–Kier alpha value is -3.47. The summed E-state index contributed by atoms with van der Waals surface area (Å²) in [4.78, 5) is 39.6. The quantitative estimate of drug-likeness (QED) is 0.590. The number of fused-ring (bicyclic) bond motifs is 1. The molecule has 1 aromatic carbocycles. The number of nitrogens with one attached hydrogen (secondary N) is 2. The molecule has 0 aliphatic carbocycles. The molecule has 3 rings (SSSR count). The summed E-state index contributed by atoms with van der Waals surface area (Å²) in [6, 6.07) is 2.89. The Labute approximate surface area is 182 Å². The molecule has 0 bridgehead atoms. The SMILES string of the molecule is CC[C@@H](OC)[C@@H]1Nn2cc(C(=O)NCc3ccc(F)cc3F)c(=O)c(O)c2C(=O)N1CC. The number of benzene rings is 1. The first-order chi connectivity index (χ1) is 15.2. The topological polar surface area (TPSA) is 113 Å². The molecule has 0 radical (unpaired) electrons. The van der Waals surface area contributed by atoms with Crippen LogP contribution in [0.1, 0.15) is 46.7 Å². The molecule has 1 aliphatic rings. The number of ether oxygens (including phenoxy) is 1. The second-order valence-corrected chi connectivity index (χ2v) is 7.21. The molecule has 2 heterocycles. The molecule has 0 unspecified atom stereocenters. The zero-order valence-electron chi connectivity index (χ0n) is 17.8. The standard InChI is InChI=1S/C21H24F2N4O5/c1-4-15(32-3)19-25-27-10-13(17(28)18(29)16(27)21(31)26(19)5-2)20(30)24-9-11-6-7-12(22)8-14(11)23/h6-8,10,15,19,25,29H,4-5,9H2,1-3H3,(H,24,30)/t15-,19-/m1/s1. The van der Waals surface area contributed by atoms with Gasteiger partial charge in [-0.2, -0.15) is 0 Å². The second-order valence-electron chi connectivity index (χ2n) is 7.21. The van der Waals surface area contributed by atoms with Crippen molar-refractivity contribution in [3.05, 3.63) is 63.1 Å². The lowest BCUT2D eigenvalue weighted by atomic mass is 10.1. The number of pyridine rings is 1. The van der Waals surface area contributed by atoms with Crippen molar-refractivity contribution in [3.8, 4) is 5.75 Å². The molecule has 1 aliphatic heterocycles. The minimum Gasteiger partial charge on any atom is -0.502 e. The first-order valence-corrected chi connectivity index (χ1v) is 10.0. The maximum atomic E-state index is 13.8. The van der Waals surface area contributed by atoms with E-state index in [0.717, 1.165) is 16.9 Å². The Morgan fingerprint density at radius 2 is 2.03 bits per heavy atom. The molecular formula is C21H24F2N4O5. The average molecular weight is 450 g/mol. The van der Waals surface area contributed by atoms with E-state index >= 15 is 0 Å². The van der Waals surface area contributed by atoms with Gasteiger partial charge < -0.3 is 25.5 Å². The fraction of sp³-hybridized carbons (Fsp3) is 0.381. The first-order valence-electron chi connectivity index (χ1n) is 10.0. The van der Waals surface area contributed by atoms with Crippen LogP contribution in [0.4, 0.5) is 8.78 Å². The number of hydrogen-bond acceptors (Lipinski definition) is 6. The summed E-state index contributed by atoms with van der Waals surface area (Å²) >= 11 is 0. The van der Waals surface area contributed by atoms with Gasteiger partial charge in [0.05, 0.1) is 6.10 Å². The average Bonchev–Trinajstić information content (AvgIpc) is 2.76. The van der Waals surface area contributed by atoms with Gasteiger partial charge in [0.1, 0.15) is 23.4 Å². The molecule has 0 fully saturated rings. The molecule has 2 atom stereocenters. The molecule has 0 saturated carbocycles. The lowest BCUT2D eigenvalue weighted by molar-refractivity contribution is 0.0122. The maximum absolute atomic E-state index is 13.8. The van der Waals surface area contributed by atoms with Crippen LogP contribution in [0.15, 0.2) is 29.2 Å². The Balaban J connectivity index is 1.94. The van der Waals surface area contributed by atoms with Crippen molar-refractivity contribution in [1.29, 1.82) is 0 Å². The van der Waals surface area contributed by atoms with Gasteiger partial charge in [0.2, 0.25) is 5.43 Å². The van der Waals surface area contributed by atoms with Crippen LogP contribution in [0.3, 0.4) is 0 Å². The third kappa shape index (κ3) is 4.15. The van der Waals surface area contributed by atoms with E-state index < -0.39 is 52.5 Å². The number of hydrogen-bond donors (Lipinski definition) is 3. The highest BCUT2D eigenvalue weighted by molar-refractivity contribution is 5.99. The number of carbonyl (C=O) groups excluding carboxylic acids is 2. The Kier molecular flexibility index (Phi) is 6.78. The zero-order valence-corrected chi connectivity index (χ0v) is 17.8. The number of carbonyl (C=O) groups is 2. The van der Waals surface area contributed by atoms with Crippen LogP contribution >= 0.6 is 0 Å². The molecule has 32 heavy (non-hydrogen) atoms. The van der Waals surface area contributed by atoms with Crippen molar-refractivity contribution < 1.29 is 28.2 Å². The minimum atomic E-state index is -1.04. The van der Waals surface area contributed by atoms with Crippen molar-refractivity contribution in [2.45, 2.75) is 39.1 Å². The monoisotopic (exact) mass is 450 g/mol. The Morgan fingerprint density at radius 3 is 2.62 bits per heavy atom. The van der Waals surface area contributed by atoms with Crippen molar-refractivity contribution >= 4 is 11.8 Å². The van der Waals surface area contributed by atoms with Gasteiger partial charge in [-0.15, -0.1) is 0 Å². The molecular weight excluding hydrogens is 426 g/mol. The van der Waals surface area contributed by atoms with Crippen LogP contribution in [-0.4, -0.2) is 52.4 Å². The number of likely N-dealkylation sites (N-methyl/N-ethyl adjacent to an activating group) is 1. The molecule has 2 aromatic rings. The summed E-state index contributed by atoms with van der Waals surface area (Å²) in [5.41, 5.74) is 1.21. The van der Waals surface area contributed by atoms with Gasteiger partial charge in [-0.1, -0.05) is 13.0 Å². The summed E-state index contributed by atoms with van der Waals surface area (Å²) in [5.74, 6) is -3.99. The number of methoxy groups -OCH3 is 1. The normalized spacial score (nSPS) is 16.3. The number of amides is 2. The fourth-order valence-corrected chi connectivity index (χ4v) is 3.62. The molecule has 172 valence electrons. The third-order valence-corrected chi connectivity index (χ3v) is 5.35. The maximum Gasteiger partial charge on any atom is 0.278 e. The van der Waals surface area contributed by atoms with E-state index in [1.165, 1.54) is 18.1 Å². The fourth-order valence-electron chi connectivity index (χ4n) is 3.62. The van der Waals surface area contributed by atoms with Crippen molar-refractivity contribution in [1.82, 2.24) is 14.9 Å². The highest BCUT2D eigenvalue weighted by Crippen LogP contribution is 2.24. The molecule has 0 saturated heterocycles. The highest BCUT2D eigenvalue weighted by atomic mass is 19.1. The molecule has 1 aromatic heterocycles. The second kappa shape index (κ2) is 9.35. The largest absolute Gasteiger partial charge is 0.502 e.